The predicted octanol–water partition coefficient (Wildman–Crippen LogP) is 5.14. The zero-order chi connectivity index (χ0) is 13.0. The first-order valence-corrected chi connectivity index (χ1v) is 6.63. The molecule has 0 aliphatic carbocycles. The van der Waals surface area contributed by atoms with Crippen molar-refractivity contribution in [1.29, 1.82) is 0 Å². The summed E-state index contributed by atoms with van der Waals surface area (Å²) >= 11 is 0. The molecule has 94 valence electrons. The highest BCUT2D eigenvalue weighted by Gasteiger charge is 2.09. The van der Waals surface area contributed by atoms with E-state index < -0.39 is 0 Å². The van der Waals surface area contributed by atoms with Gasteiger partial charge in [-0.15, -0.1) is 0 Å². The summed E-state index contributed by atoms with van der Waals surface area (Å²) in [4.78, 5) is 0. The molecule has 0 aliphatic heterocycles. The summed E-state index contributed by atoms with van der Waals surface area (Å²) in [5.74, 6) is 0.343. The number of phenolic OH excluding ortho intramolecular Hbond substituents is 1. The van der Waals surface area contributed by atoms with E-state index in [4.69, 9.17) is 0 Å². The third-order valence-corrected chi connectivity index (χ3v) is 3.34. The van der Waals surface area contributed by atoms with Crippen LogP contribution in [0.2, 0.25) is 0 Å². The lowest BCUT2D eigenvalue weighted by Gasteiger charge is -2.11. The lowest BCUT2D eigenvalue weighted by atomic mass is 9.95. The van der Waals surface area contributed by atoms with Crippen molar-refractivity contribution in [3.63, 3.8) is 0 Å². The van der Waals surface area contributed by atoms with Crippen molar-refractivity contribution in [1.82, 2.24) is 0 Å². The molecule has 1 N–H and O–H groups in total. The molecule has 0 saturated heterocycles. The van der Waals surface area contributed by atoms with Crippen LogP contribution in [0.5, 0.6) is 5.75 Å². The summed E-state index contributed by atoms with van der Waals surface area (Å²) in [6, 6.07) is 11.9. The van der Waals surface area contributed by atoms with E-state index in [0.29, 0.717) is 5.75 Å². The van der Waals surface area contributed by atoms with Crippen molar-refractivity contribution >= 4 is 16.3 Å². The van der Waals surface area contributed by atoms with E-state index in [1.165, 1.54) is 12.8 Å². The minimum absolute atomic E-state index is 0.343. The summed E-state index contributed by atoms with van der Waals surface area (Å²) in [7, 11) is 0. The lowest BCUT2D eigenvalue weighted by molar-refractivity contribution is 0.474. The van der Waals surface area contributed by atoms with Crippen molar-refractivity contribution in [2.45, 2.75) is 32.6 Å². The maximum atomic E-state index is 10.1. The maximum Gasteiger partial charge on any atom is 0.123 e. The third-order valence-electron chi connectivity index (χ3n) is 3.34. The highest BCUT2D eigenvalue weighted by molar-refractivity contribution is 5.95. The van der Waals surface area contributed by atoms with E-state index in [2.05, 4.69) is 25.6 Å². The molecule has 0 amide bonds. The Hall–Kier alpha value is -1.76. The number of allylic oxidation sites excluding steroid dienone is 1. The standard InChI is InChI=1S/C17H20O/c1-3-4-5-8-13(2)17-15-10-7-6-9-14(15)11-12-16(17)18/h6-7,9-12,18H,2-5,8H2,1H3. The number of aromatic hydroxyl groups is 1. The monoisotopic (exact) mass is 240 g/mol. The molecule has 2 aromatic carbocycles. The molecule has 0 saturated carbocycles. The van der Waals surface area contributed by atoms with Gasteiger partial charge in [0.05, 0.1) is 0 Å². The second-order valence-electron chi connectivity index (χ2n) is 4.74. The van der Waals surface area contributed by atoms with Crippen LogP contribution in [0.1, 0.15) is 38.2 Å². The molecule has 2 rings (SSSR count). The Morgan fingerprint density at radius 1 is 1.11 bits per heavy atom. The maximum absolute atomic E-state index is 10.1. The molecule has 0 radical (unpaired) electrons. The SMILES string of the molecule is C=C(CCCCC)c1c(O)ccc2ccccc12. The lowest BCUT2D eigenvalue weighted by Crippen LogP contribution is -1.88. The first kappa shape index (κ1) is 12.7. The summed E-state index contributed by atoms with van der Waals surface area (Å²) in [5.41, 5.74) is 1.96. The number of rotatable bonds is 5. The predicted molar refractivity (Wildman–Crippen MR) is 78.8 cm³/mol. The van der Waals surface area contributed by atoms with Gasteiger partial charge in [0, 0.05) is 5.56 Å². The minimum Gasteiger partial charge on any atom is -0.507 e. The van der Waals surface area contributed by atoms with Crippen LogP contribution in [0, 0.1) is 0 Å². The van der Waals surface area contributed by atoms with Crippen molar-refractivity contribution in [3.05, 3.63) is 48.5 Å². The van der Waals surface area contributed by atoms with Crippen LogP contribution in [0.25, 0.3) is 16.3 Å². The zero-order valence-corrected chi connectivity index (χ0v) is 10.9. The van der Waals surface area contributed by atoms with Gasteiger partial charge < -0.3 is 5.11 Å². The molecule has 2 aromatic rings. The molecule has 0 atom stereocenters. The topological polar surface area (TPSA) is 20.2 Å². The minimum atomic E-state index is 0.343. The Morgan fingerprint density at radius 2 is 1.89 bits per heavy atom. The van der Waals surface area contributed by atoms with Crippen LogP contribution in [-0.2, 0) is 0 Å². The van der Waals surface area contributed by atoms with Crippen LogP contribution in [0.3, 0.4) is 0 Å². The molecular weight excluding hydrogens is 220 g/mol. The molecule has 0 aliphatic rings. The second kappa shape index (κ2) is 5.72. The van der Waals surface area contributed by atoms with E-state index in [1.54, 1.807) is 6.07 Å². The Bertz CT molecular complexity index is 555. The van der Waals surface area contributed by atoms with Crippen molar-refractivity contribution in [3.8, 4) is 5.75 Å². The first-order chi connectivity index (χ1) is 8.74. The number of fused-ring (bicyclic) bond motifs is 1. The number of unbranched alkanes of at least 4 members (excludes halogenated alkanes) is 2. The first-order valence-electron chi connectivity index (χ1n) is 6.63. The summed E-state index contributed by atoms with van der Waals surface area (Å²) in [6.07, 6.45) is 4.51. The van der Waals surface area contributed by atoms with Gasteiger partial charge in [-0.2, -0.15) is 0 Å². The van der Waals surface area contributed by atoms with Gasteiger partial charge in [-0.05, 0) is 35.3 Å². The van der Waals surface area contributed by atoms with E-state index in [1.807, 2.05) is 18.2 Å². The van der Waals surface area contributed by atoms with Gasteiger partial charge in [0.15, 0.2) is 0 Å². The number of hydrogen-bond donors (Lipinski definition) is 1. The highest BCUT2D eigenvalue weighted by Crippen LogP contribution is 2.34. The quantitative estimate of drug-likeness (QED) is 0.717. The van der Waals surface area contributed by atoms with Gasteiger partial charge in [0.2, 0.25) is 0 Å². The summed E-state index contributed by atoms with van der Waals surface area (Å²) in [5, 5.41) is 12.3. The van der Waals surface area contributed by atoms with Crippen molar-refractivity contribution < 1.29 is 5.11 Å². The highest BCUT2D eigenvalue weighted by atomic mass is 16.3. The van der Waals surface area contributed by atoms with Gasteiger partial charge in [-0.25, -0.2) is 0 Å². The normalized spacial score (nSPS) is 10.7. The fourth-order valence-electron chi connectivity index (χ4n) is 2.34. The fraction of sp³-hybridized carbons (Fsp3) is 0.294. The van der Waals surface area contributed by atoms with Gasteiger partial charge in [0.1, 0.15) is 5.75 Å². The number of hydrogen-bond acceptors (Lipinski definition) is 1. The Balaban J connectivity index is 2.36. The van der Waals surface area contributed by atoms with Crippen LogP contribution in [0.15, 0.2) is 43.0 Å². The third kappa shape index (κ3) is 2.56. The molecular formula is C17H20O. The van der Waals surface area contributed by atoms with Crippen LogP contribution in [0.4, 0.5) is 0 Å². The van der Waals surface area contributed by atoms with Gasteiger partial charge in [-0.3, -0.25) is 0 Å². The van der Waals surface area contributed by atoms with Crippen LogP contribution >= 0.6 is 0 Å². The van der Waals surface area contributed by atoms with E-state index in [-0.39, 0.29) is 0 Å². The van der Waals surface area contributed by atoms with Gasteiger partial charge >= 0.3 is 0 Å². The van der Waals surface area contributed by atoms with Gasteiger partial charge in [0.25, 0.3) is 0 Å². The smallest absolute Gasteiger partial charge is 0.123 e. The second-order valence-corrected chi connectivity index (χ2v) is 4.74. The van der Waals surface area contributed by atoms with E-state index >= 15 is 0 Å². The number of benzene rings is 2. The van der Waals surface area contributed by atoms with E-state index in [9.17, 15) is 5.11 Å². The number of phenols is 1. The van der Waals surface area contributed by atoms with E-state index in [0.717, 1.165) is 34.8 Å². The fourth-order valence-corrected chi connectivity index (χ4v) is 2.34. The Labute approximate surface area is 109 Å². The largest absolute Gasteiger partial charge is 0.507 e. The molecule has 0 unspecified atom stereocenters. The average molecular weight is 240 g/mol. The summed E-state index contributed by atoms with van der Waals surface area (Å²) in [6.45, 7) is 6.34. The van der Waals surface area contributed by atoms with Crippen molar-refractivity contribution in [2.75, 3.05) is 0 Å². The molecule has 1 heteroatoms. The Morgan fingerprint density at radius 3 is 2.67 bits per heavy atom. The molecule has 0 bridgehead atoms. The zero-order valence-electron chi connectivity index (χ0n) is 10.9. The van der Waals surface area contributed by atoms with Crippen molar-refractivity contribution in [2.24, 2.45) is 0 Å². The molecule has 0 fully saturated rings. The van der Waals surface area contributed by atoms with Gasteiger partial charge in [-0.1, -0.05) is 56.7 Å². The molecule has 0 spiro atoms. The average Bonchev–Trinajstić information content (AvgIpc) is 2.38. The molecule has 1 nitrogen and oxygen atoms in total. The summed E-state index contributed by atoms with van der Waals surface area (Å²) < 4.78 is 0. The van der Waals surface area contributed by atoms with Crippen LogP contribution < -0.4 is 0 Å². The molecule has 0 aromatic heterocycles. The molecule has 0 heterocycles. The molecule has 18 heavy (non-hydrogen) atoms. The Kier molecular flexibility index (Phi) is 4.03. The van der Waals surface area contributed by atoms with Crippen LogP contribution in [-0.4, -0.2) is 5.11 Å².